The van der Waals surface area contributed by atoms with Gasteiger partial charge in [-0.15, -0.1) is 0 Å². The standard InChI is InChI=1S/C15H20ClNO3/c1-4-5-14(18)17(9-11(3)15(19)20)13-8-12(16)7-6-10(13)2/h6-8,11H,4-5,9H2,1-3H3,(H,19,20). The fourth-order valence-corrected chi connectivity index (χ4v) is 2.07. The quantitative estimate of drug-likeness (QED) is 0.874. The first-order valence-electron chi connectivity index (χ1n) is 6.66. The van der Waals surface area contributed by atoms with Crippen LogP contribution in [0.4, 0.5) is 5.69 Å². The van der Waals surface area contributed by atoms with Gasteiger partial charge in [0.05, 0.1) is 5.92 Å². The minimum atomic E-state index is -0.918. The van der Waals surface area contributed by atoms with Gasteiger partial charge < -0.3 is 10.0 Å². The van der Waals surface area contributed by atoms with Gasteiger partial charge in [0.15, 0.2) is 0 Å². The molecule has 110 valence electrons. The highest BCUT2D eigenvalue weighted by atomic mass is 35.5. The maximum absolute atomic E-state index is 12.3. The van der Waals surface area contributed by atoms with E-state index in [1.54, 1.807) is 19.1 Å². The third kappa shape index (κ3) is 4.23. The Morgan fingerprint density at radius 1 is 1.40 bits per heavy atom. The topological polar surface area (TPSA) is 57.6 Å². The van der Waals surface area contributed by atoms with Crippen LogP contribution in [-0.4, -0.2) is 23.5 Å². The van der Waals surface area contributed by atoms with Crippen molar-refractivity contribution in [1.82, 2.24) is 0 Å². The Morgan fingerprint density at radius 3 is 2.60 bits per heavy atom. The number of carbonyl (C=O) groups excluding carboxylic acids is 1. The molecule has 1 atom stereocenters. The Hall–Kier alpha value is -1.55. The number of hydrogen-bond acceptors (Lipinski definition) is 2. The highest BCUT2D eigenvalue weighted by Gasteiger charge is 2.22. The predicted octanol–water partition coefficient (Wildman–Crippen LogP) is 3.50. The van der Waals surface area contributed by atoms with Gasteiger partial charge in [0, 0.05) is 23.7 Å². The molecule has 0 aliphatic heterocycles. The maximum atomic E-state index is 12.3. The molecule has 5 heteroatoms. The first-order valence-corrected chi connectivity index (χ1v) is 7.04. The van der Waals surface area contributed by atoms with Crippen molar-refractivity contribution in [3.05, 3.63) is 28.8 Å². The summed E-state index contributed by atoms with van der Waals surface area (Å²) in [6, 6.07) is 5.29. The summed E-state index contributed by atoms with van der Waals surface area (Å²) in [5.41, 5.74) is 1.58. The number of anilines is 1. The van der Waals surface area contributed by atoms with E-state index in [1.165, 1.54) is 4.90 Å². The SMILES string of the molecule is CCCC(=O)N(CC(C)C(=O)O)c1cc(Cl)ccc1C. The second-order valence-corrected chi connectivity index (χ2v) is 5.36. The van der Waals surface area contributed by atoms with Crippen molar-refractivity contribution in [2.24, 2.45) is 5.92 Å². The van der Waals surface area contributed by atoms with Crippen LogP contribution in [0.2, 0.25) is 5.02 Å². The van der Waals surface area contributed by atoms with Crippen LogP contribution in [0.25, 0.3) is 0 Å². The Bertz CT molecular complexity index is 502. The highest BCUT2D eigenvalue weighted by Crippen LogP contribution is 2.26. The molecule has 0 heterocycles. The molecule has 1 aromatic rings. The molecule has 1 aromatic carbocycles. The fraction of sp³-hybridized carbons (Fsp3) is 0.467. The molecule has 1 unspecified atom stereocenters. The summed E-state index contributed by atoms with van der Waals surface area (Å²) in [5.74, 6) is -1.63. The van der Waals surface area contributed by atoms with Gasteiger partial charge in [-0.3, -0.25) is 9.59 Å². The van der Waals surface area contributed by atoms with Gasteiger partial charge in [-0.1, -0.05) is 31.5 Å². The van der Waals surface area contributed by atoms with Gasteiger partial charge in [-0.05, 0) is 31.0 Å². The number of rotatable bonds is 6. The van der Waals surface area contributed by atoms with Crippen LogP contribution >= 0.6 is 11.6 Å². The average Bonchev–Trinajstić information content (AvgIpc) is 2.38. The van der Waals surface area contributed by atoms with Crippen LogP contribution in [-0.2, 0) is 9.59 Å². The molecule has 0 bridgehead atoms. The van der Waals surface area contributed by atoms with Crippen molar-refractivity contribution in [3.63, 3.8) is 0 Å². The van der Waals surface area contributed by atoms with Crippen LogP contribution < -0.4 is 4.90 Å². The largest absolute Gasteiger partial charge is 0.481 e. The minimum Gasteiger partial charge on any atom is -0.481 e. The summed E-state index contributed by atoms with van der Waals surface area (Å²) < 4.78 is 0. The molecule has 1 amide bonds. The lowest BCUT2D eigenvalue weighted by Gasteiger charge is -2.26. The number of nitrogens with zero attached hydrogens (tertiary/aromatic N) is 1. The molecule has 0 aliphatic carbocycles. The normalized spacial score (nSPS) is 12.0. The van der Waals surface area contributed by atoms with Gasteiger partial charge in [0.1, 0.15) is 0 Å². The van der Waals surface area contributed by atoms with E-state index in [4.69, 9.17) is 16.7 Å². The molecule has 4 nitrogen and oxygen atoms in total. The minimum absolute atomic E-state index is 0.0778. The summed E-state index contributed by atoms with van der Waals surface area (Å²) in [4.78, 5) is 24.8. The summed E-state index contributed by atoms with van der Waals surface area (Å²) in [6.07, 6.45) is 1.11. The number of aliphatic carboxylic acids is 1. The number of carbonyl (C=O) groups is 2. The van der Waals surface area contributed by atoms with Gasteiger partial charge in [0.2, 0.25) is 5.91 Å². The van der Waals surface area contributed by atoms with Crippen LogP contribution in [0.5, 0.6) is 0 Å². The number of aryl methyl sites for hydroxylation is 1. The second kappa shape index (κ2) is 7.29. The molecule has 0 spiro atoms. The van der Waals surface area contributed by atoms with Crippen LogP contribution in [0, 0.1) is 12.8 Å². The van der Waals surface area contributed by atoms with Crippen LogP contribution in [0.3, 0.4) is 0 Å². The van der Waals surface area contributed by atoms with Crippen molar-refractivity contribution in [2.75, 3.05) is 11.4 Å². The smallest absolute Gasteiger partial charge is 0.308 e. The molecular weight excluding hydrogens is 278 g/mol. The third-order valence-electron chi connectivity index (χ3n) is 3.10. The first kappa shape index (κ1) is 16.5. The van der Waals surface area contributed by atoms with E-state index < -0.39 is 11.9 Å². The Kier molecular flexibility index (Phi) is 6.02. The molecule has 0 aliphatic rings. The molecule has 20 heavy (non-hydrogen) atoms. The molecule has 1 N–H and O–H groups in total. The van der Waals surface area contributed by atoms with E-state index in [0.29, 0.717) is 17.1 Å². The maximum Gasteiger partial charge on any atom is 0.308 e. The average molecular weight is 298 g/mol. The summed E-state index contributed by atoms with van der Waals surface area (Å²) >= 11 is 5.99. The zero-order valence-electron chi connectivity index (χ0n) is 12.0. The number of halogens is 1. The zero-order chi connectivity index (χ0) is 15.3. The van der Waals surface area contributed by atoms with Crippen LogP contribution in [0.1, 0.15) is 32.3 Å². The van der Waals surface area contributed by atoms with E-state index in [9.17, 15) is 9.59 Å². The first-order chi connectivity index (χ1) is 9.36. The third-order valence-corrected chi connectivity index (χ3v) is 3.34. The molecule has 0 saturated heterocycles. The van der Waals surface area contributed by atoms with Crippen molar-refractivity contribution < 1.29 is 14.7 Å². The lowest BCUT2D eigenvalue weighted by atomic mass is 10.1. The van der Waals surface area contributed by atoms with Crippen molar-refractivity contribution in [2.45, 2.75) is 33.6 Å². The molecule has 0 saturated carbocycles. The Morgan fingerprint density at radius 2 is 2.05 bits per heavy atom. The van der Waals surface area contributed by atoms with Gasteiger partial charge in [-0.2, -0.15) is 0 Å². The van der Waals surface area contributed by atoms with E-state index in [0.717, 1.165) is 12.0 Å². The van der Waals surface area contributed by atoms with Crippen molar-refractivity contribution in [1.29, 1.82) is 0 Å². The molecular formula is C15H20ClNO3. The number of carboxylic acid groups (broad SMARTS) is 1. The number of benzene rings is 1. The summed E-state index contributed by atoms with van der Waals surface area (Å²) in [7, 11) is 0. The van der Waals surface area contributed by atoms with Crippen LogP contribution in [0.15, 0.2) is 18.2 Å². The second-order valence-electron chi connectivity index (χ2n) is 4.92. The summed E-state index contributed by atoms with van der Waals surface area (Å²) in [5, 5.41) is 9.58. The van der Waals surface area contributed by atoms with Gasteiger partial charge in [0.25, 0.3) is 0 Å². The van der Waals surface area contributed by atoms with E-state index in [-0.39, 0.29) is 12.5 Å². The Labute approximate surface area is 124 Å². The monoisotopic (exact) mass is 297 g/mol. The highest BCUT2D eigenvalue weighted by molar-refractivity contribution is 6.31. The number of hydrogen-bond donors (Lipinski definition) is 1. The zero-order valence-corrected chi connectivity index (χ0v) is 12.8. The molecule has 0 fully saturated rings. The predicted molar refractivity (Wildman–Crippen MR) is 80.2 cm³/mol. The van der Waals surface area contributed by atoms with Gasteiger partial charge >= 0.3 is 5.97 Å². The Balaban J connectivity index is 3.12. The van der Waals surface area contributed by atoms with E-state index in [1.807, 2.05) is 19.9 Å². The van der Waals surface area contributed by atoms with E-state index in [2.05, 4.69) is 0 Å². The lowest BCUT2D eigenvalue weighted by molar-refractivity contribution is -0.140. The summed E-state index contributed by atoms with van der Waals surface area (Å²) in [6.45, 7) is 5.54. The molecule has 1 rings (SSSR count). The van der Waals surface area contributed by atoms with Gasteiger partial charge in [-0.25, -0.2) is 0 Å². The van der Waals surface area contributed by atoms with E-state index >= 15 is 0 Å². The molecule has 0 radical (unpaired) electrons. The lowest BCUT2D eigenvalue weighted by Crippen LogP contribution is -2.37. The van der Waals surface area contributed by atoms with Crippen molar-refractivity contribution in [3.8, 4) is 0 Å². The van der Waals surface area contributed by atoms with Crippen molar-refractivity contribution >= 4 is 29.2 Å². The fourth-order valence-electron chi connectivity index (χ4n) is 1.91. The number of amides is 1. The number of carboxylic acids is 1. The molecule has 0 aromatic heterocycles.